The molecule has 2 aromatic carbocycles. The number of halogens is 1. The highest BCUT2D eigenvalue weighted by molar-refractivity contribution is 6.05. The number of anilines is 2. The Morgan fingerprint density at radius 1 is 1.03 bits per heavy atom. The number of benzene rings is 2. The van der Waals surface area contributed by atoms with Gasteiger partial charge in [0.25, 0.3) is 11.8 Å². The number of amides is 2. The van der Waals surface area contributed by atoms with E-state index in [2.05, 4.69) is 25.7 Å². The molecule has 2 fully saturated rings. The Morgan fingerprint density at radius 2 is 1.82 bits per heavy atom. The summed E-state index contributed by atoms with van der Waals surface area (Å²) < 4.78 is 19.7. The van der Waals surface area contributed by atoms with E-state index in [1.807, 2.05) is 17.9 Å². The Morgan fingerprint density at radius 3 is 2.61 bits per heavy atom. The number of aromatic nitrogens is 2. The van der Waals surface area contributed by atoms with E-state index in [-0.39, 0.29) is 11.5 Å². The van der Waals surface area contributed by atoms with Gasteiger partial charge < -0.3 is 25.2 Å². The zero-order valence-electron chi connectivity index (χ0n) is 21.6. The van der Waals surface area contributed by atoms with E-state index in [0.717, 1.165) is 30.8 Å². The predicted molar refractivity (Wildman–Crippen MR) is 144 cm³/mol. The number of hydrogen-bond acceptors (Lipinski definition) is 6. The van der Waals surface area contributed by atoms with Gasteiger partial charge in [-0.2, -0.15) is 5.10 Å². The van der Waals surface area contributed by atoms with Crippen molar-refractivity contribution in [2.24, 2.45) is 0 Å². The first-order chi connectivity index (χ1) is 18.5. The fourth-order valence-electron chi connectivity index (χ4n) is 4.89. The Kier molecular flexibility index (Phi) is 8.00. The fraction of sp³-hybridized carbons (Fsp3) is 0.393. The van der Waals surface area contributed by atoms with Crippen LogP contribution in [0.15, 0.2) is 42.5 Å². The average molecular weight is 521 g/mol. The van der Waals surface area contributed by atoms with Crippen molar-refractivity contribution in [1.29, 1.82) is 0 Å². The number of rotatable bonds is 8. The molecule has 38 heavy (non-hydrogen) atoms. The standard InChI is InChI=1S/C28H33FN6O3/c1-19-4-5-22(31-27(36)20-14-21(29)16-23(15-20)35-10-12-38-13-11-35)17-24(19)25-18-26(33-32-25)28(37)30-6-9-34-7-2-3-8-34/h4-5,14-18H,2-3,6-13H2,1H3,(H,30,37)(H,31,36)(H,32,33). The molecule has 9 nitrogen and oxygen atoms in total. The lowest BCUT2D eigenvalue weighted by atomic mass is 10.0. The summed E-state index contributed by atoms with van der Waals surface area (Å²) >= 11 is 0. The zero-order valence-corrected chi connectivity index (χ0v) is 21.6. The second-order valence-corrected chi connectivity index (χ2v) is 9.75. The summed E-state index contributed by atoms with van der Waals surface area (Å²) in [4.78, 5) is 30.0. The van der Waals surface area contributed by atoms with Crippen molar-refractivity contribution in [1.82, 2.24) is 20.4 Å². The van der Waals surface area contributed by atoms with E-state index in [4.69, 9.17) is 4.74 Å². The first-order valence-corrected chi connectivity index (χ1v) is 13.1. The minimum Gasteiger partial charge on any atom is -0.378 e. The second kappa shape index (κ2) is 11.7. The monoisotopic (exact) mass is 520 g/mol. The lowest BCUT2D eigenvalue weighted by Gasteiger charge is -2.29. The molecule has 5 rings (SSSR count). The number of morpholine rings is 1. The number of carbonyl (C=O) groups is 2. The molecule has 2 aliphatic heterocycles. The van der Waals surface area contributed by atoms with Gasteiger partial charge in [-0.15, -0.1) is 0 Å². The molecule has 0 spiro atoms. The van der Waals surface area contributed by atoms with E-state index in [0.29, 0.717) is 55.6 Å². The summed E-state index contributed by atoms with van der Waals surface area (Å²) in [5, 5.41) is 13.0. The third-order valence-corrected chi connectivity index (χ3v) is 7.03. The number of nitrogens with zero attached hydrogens (tertiary/aromatic N) is 3. The highest BCUT2D eigenvalue weighted by Crippen LogP contribution is 2.27. The van der Waals surface area contributed by atoms with Crippen molar-refractivity contribution in [2.75, 3.05) is 62.7 Å². The number of aromatic amines is 1. The molecule has 0 aliphatic carbocycles. The number of ether oxygens (including phenoxy) is 1. The normalized spacial score (nSPS) is 16.0. The van der Waals surface area contributed by atoms with Gasteiger partial charge in [-0.05, 0) is 74.8 Å². The average Bonchev–Trinajstić information content (AvgIpc) is 3.63. The summed E-state index contributed by atoms with van der Waals surface area (Å²) in [6.45, 7) is 7.97. The maximum Gasteiger partial charge on any atom is 0.269 e. The summed E-state index contributed by atoms with van der Waals surface area (Å²) in [5.74, 6) is -1.08. The number of carbonyl (C=O) groups excluding carboxylic acids is 2. The van der Waals surface area contributed by atoms with Crippen LogP contribution < -0.4 is 15.5 Å². The molecule has 1 aromatic heterocycles. The van der Waals surface area contributed by atoms with E-state index in [1.54, 1.807) is 24.3 Å². The quantitative estimate of drug-likeness (QED) is 0.421. The molecule has 3 aromatic rings. The molecule has 10 heteroatoms. The van der Waals surface area contributed by atoms with Crippen LogP contribution in [0.2, 0.25) is 0 Å². The molecule has 0 saturated carbocycles. The van der Waals surface area contributed by atoms with Crippen LogP contribution in [-0.2, 0) is 4.74 Å². The molecular weight excluding hydrogens is 487 g/mol. The van der Waals surface area contributed by atoms with Crippen LogP contribution >= 0.6 is 0 Å². The molecule has 0 atom stereocenters. The molecule has 0 unspecified atom stereocenters. The lowest BCUT2D eigenvalue weighted by molar-refractivity contribution is 0.0944. The van der Waals surface area contributed by atoms with Crippen molar-refractivity contribution in [2.45, 2.75) is 19.8 Å². The summed E-state index contributed by atoms with van der Waals surface area (Å²) in [7, 11) is 0. The van der Waals surface area contributed by atoms with Crippen LogP contribution in [0.3, 0.4) is 0 Å². The molecule has 2 saturated heterocycles. The molecule has 2 amide bonds. The zero-order chi connectivity index (χ0) is 26.5. The molecule has 3 heterocycles. The van der Waals surface area contributed by atoms with Crippen LogP contribution in [0.4, 0.5) is 15.8 Å². The van der Waals surface area contributed by atoms with Gasteiger partial charge in [0, 0.05) is 48.7 Å². The number of hydrogen-bond donors (Lipinski definition) is 3. The van der Waals surface area contributed by atoms with Crippen LogP contribution in [0.25, 0.3) is 11.3 Å². The van der Waals surface area contributed by atoms with E-state index in [9.17, 15) is 14.0 Å². The number of H-pyrrole nitrogens is 1. The molecule has 200 valence electrons. The molecular formula is C28H33FN6O3. The molecule has 0 bridgehead atoms. The van der Waals surface area contributed by atoms with E-state index < -0.39 is 11.7 Å². The van der Waals surface area contributed by atoms with Crippen molar-refractivity contribution in [3.63, 3.8) is 0 Å². The number of likely N-dealkylation sites (tertiary alicyclic amines) is 1. The topological polar surface area (TPSA) is 103 Å². The maximum atomic E-state index is 14.4. The molecule has 2 aliphatic rings. The van der Waals surface area contributed by atoms with Crippen molar-refractivity contribution in [3.8, 4) is 11.3 Å². The van der Waals surface area contributed by atoms with E-state index >= 15 is 0 Å². The van der Waals surface area contributed by atoms with Gasteiger partial charge in [-0.1, -0.05) is 6.07 Å². The first kappa shape index (κ1) is 25.9. The van der Waals surface area contributed by atoms with Gasteiger partial charge in [0.2, 0.25) is 0 Å². The van der Waals surface area contributed by atoms with Crippen LogP contribution in [0, 0.1) is 12.7 Å². The van der Waals surface area contributed by atoms with Gasteiger partial charge in [0.05, 0.1) is 18.9 Å². The summed E-state index contributed by atoms with van der Waals surface area (Å²) in [6, 6.07) is 11.5. The van der Waals surface area contributed by atoms with Crippen LogP contribution in [0.1, 0.15) is 39.3 Å². The van der Waals surface area contributed by atoms with Gasteiger partial charge in [-0.3, -0.25) is 14.7 Å². The maximum absolute atomic E-state index is 14.4. The van der Waals surface area contributed by atoms with Crippen molar-refractivity contribution in [3.05, 3.63) is 65.1 Å². The largest absolute Gasteiger partial charge is 0.378 e. The Balaban J connectivity index is 1.26. The number of nitrogens with one attached hydrogen (secondary N) is 3. The third kappa shape index (κ3) is 6.20. The van der Waals surface area contributed by atoms with Gasteiger partial charge in [0.1, 0.15) is 11.5 Å². The second-order valence-electron chi connectivity index (χ2n) is 9.75. The van der Waals surface area contributed by atoms with E-state index in [1.165, 1.54) is 25.0 Å². The van der Waals surface area contributed by atoms with Gasteiger partial charge in [0.15, 0.2) is 0 Å². The lowest BCUT2D eigenvalue weighted by Crippen LogP contribution is -2.36. The smallest absolute Gasteiger partial charge is 0.269 e. The minimum atomic E-state index is -0.466. The van der Waals surface area contributed by atoms with Crippen LogP contribution in [0.5, 0.6) is 0 Å². The minimum absolute atomic E-state index is 0.202. The highest BCUT2D eigenvalue weighted by atomic mass is 19.1. The summed E-state index contributed by atoms with van der Waals surface area (Å²) in [6.07, 6.45) is 2.43. The SMILES string of the molecule is Cc1ccc(NC(=O)c2cc(F)cc(N3CCOCC3)c2)cc1-c1cc(C(=O)NCCN2CCCC2)[nH]n1. The van der Waals surface area contributed by atoms with Crippen molar-refractivity contribution >= 4 is 23.2 Å². The Hall–Kier alpha value is -3.76. The third-order valence-electron chi connectivity index (χ3n) is 7.03. The van der Waals surface area contributed by atoms with Gasteiger partial charge >= 0.3 is 0 Å². The predicted octanol–water partition coefficient (Wildman–Crippen LogP) is 3.44. The molecule has 3 N–H and O–H groups in total. The number of aryl methyl sites for hydroxylation is 1. The Bertz CT molecular complexity index is 1300. The highest BCUT2D eigenvalue weighted by Gasteiger charge is 2.18. The van der Waals surface area contributed by atoms with Crippen molar-refractivity contribution < 1.29 is 18.7 Å². The fourth-order valence-corrected chi connectivity index (χ4v) is 4.89. The molecule has 0 radical (unpaired) electrons. The van der Waals surface area contributed by atoms with Crippen LogP contribution in [-0.4, -0.2) is 79.4 Å². The Labute approximate surface area is 221 Å². The first-order valence-electron chi connectivity index (χ1n) is 13.1. The summed E-state index contributed by atoms with van der Waals surface area (Å²) in [5.41, 5.74) is 4.15. The van der Waals surface area contributed by atoms with Gasteiger partial charge in [-0.25, -0.2) is 4.39 Å².